The van der Waals surface area contributed by atoms with Crippen molar-refractivity contribution in [3.05, 3.63) is 64.3 Å². The van der Waals surface area contributed by atoms with Crippen LogP contribution in [0, 0.1) is 11.6 Å². The lowest BCUT2D eigenvalue weighted by Crippen LogP contribution is -2.05. The topological polar surface area (TPSA) is 47.0 Å². The number of hydrogen-bond donors (Lipinski definition) is 0. The van der Waals surface area contributed by atoms with Crippen LogP contribution in [0.25, 0.3) is 10.9 Å². The molecule has 0 unspecified atom stereocenters. The quantitative estimate of drug-likeness (QED) is 0.656. The van der Waals surface area contributed by atoms with E-state index >= 15 is 0 Å². The molecular weight excluding hydrogens is 367 g/mol. The van der Waals surface area contributed by atoms with Crippen molar-refractivity contribution < 1.29 is 17.2 Å². The van der Waals surface area contributed by atoms with Crippen molar-refractivity contribution in [2.75, 3.05) is 0 Å². The summed E-state index contributed by atoms with van der Waals surface area (Å²) in [5, 5.41) is 0.576. The zero-order chi connectivity index (χ0) is 16.8. The van der Waals surface area contributed by atoms with Gasteiger partial charge in [0, 0.05) is 22.7 Å². The molecule has 3 aromatic rings. The van der Waals surface area contributed by atoms with Crippen LogP contribution in [-0.4, -0.2) is 13.4 Å². The number of benzene rings is 2. The van der Waals surface area contributed by atoms with Gasteiger partial charge in [-0.1, -0.05) is 23.2 Å². The zero-order valence-corrected chi connectivity index (χ0v) is 13.6. The fourth-order valence-corrected chi connectivity index (χ4v) is 4.12. The Balaban J connectivity index is 2.28. The number of fused-ring (bicyclic) bond motifs is 1. The summed E-state index contributed by atoms with van der Waals surface area (Å²) in [6.45, 7) is 0. The van der Waals surface area contributed by atoms with E-state index in [1.807, 2.05) is 0 Å². The molecule has 8 heteroatoms. The molecule has 0 amide bonds. The van der Waals surface area contributed by atoms with Gasteiger partial charge in [0.15, 0.2) is 0 Å². The monoisotopic (exact) mass is 373 g/mol. The number of rotatable bonds is 2. The van der Waals surface area contributed by atoms with Crippen LogP contribution < -0.4 is 0 Å². The van der Waals surface area contributed by atoms with E-state index in [1.54, 1.807) is 12.1 Å². The molecule has 0 atom stereocenters. The zero-order valence-electron chi connectivity index (χ0n) is 11.2. The fraction of sp³-hybridized carbons (Fsp3) is 0. The molecule has 1 heterocycles. The van der Waals surface area contributed by atoms with E-state index in [0.29, 0.717) is 22.0 Å². The highest BCUT2D eigenvalue weighted by molar-refractivity contribution is 7.91. The van der Waals surface area contributed by atoms with Crippen molar-refractivity contribution in [1.29, 1.82) is 0 Å². The molecule has 0 aliphatic carbocycles. The average molecular weight is 374 g/mol. The first-order valence-electron chi connectivity index (χ1n) is 6.24. The Morgan fingerprint density at radius 1 is 0.957 bits per heavy atom. The summed E-state index contributed by atoms with van der Waals surface area (Å²) >= 11 is 12.0. The maximum atomic E-state index is 13.3. The fourth-order valence-electron chi connectivity index (χ4n) is 2.11. The molecule has 2 aromatic carbocycles. The Morgan fingerprint density at radius 3 is 2.26 bits per heavy atom. The van der Waals surface area contributed by atoms with Crippen LogP contribution in [0.1, 0.15) is 0 Å². The highest BCUT2D eigenvalue weighted by Crippen LogP contribution is 2.33. The van der Waals surface area contributed by atoms with Gasteiger partial charge >= 0.3 is 0 Å². The molecule has 0 aliphatic rings. The van der Waals surface area contributed by atoms with Crippen LogP contribution in [0.5, 0.6) is 0 Å². The standard InChI is InChI=1S/C15H7Cl2F2NO2S/c16-8-1-2-13-12(3-8)15(17)14(7-20-13)23(21,22)11-5-9(18)4-10(19)6-11/h1-7H. The molecule has 0 saturated carbocycles. The molecule has 23 heavy (non-hydrogen) atoms. The summed E-state index contributed by atoms with van der Waals surface area (Å²) in [5.41, 5.74) is 0.448. The molecule has 0 N–H and O–H groups in total. The smallest absolute Gasteiger partial charge is 0.209 e. The third-order valence-corrected chi connectivity index (χ3v) is 5.67. The lowest BCUT2D eigenvalue weighted by atomic mass is 10.2. The van der Waals surface area contributed by atoms with E-state index < -0.39 is 26.4 Å². The van der Waals surface area contributed by atoms with Crippen molar-refractivity contribution in [3.63, 3.8) is 0 Å². The molecular formula is C15H7Cl2F2NO2S. The van der Waals surface area contributed by atoms with Crippen molar-refractivity contribution >= 4 is 43.9 Å². The van der Waals surface area contributed by atoms with Crippen molar-refractivity contribution in [3.8, 4) is 0 Å². The summed E-state index contributed by atoms with van der Waals surface area (Å²) in [5.74, 6) is -2.01. The molecule has 0 bridgehead atoms. The van der Waals surface area contributed by atoms with Gasteiger partial charge in [0.1, 0.15) is 16.5 Å². The Hall–Kier alpha value is -1.76. The molecule has 0 aliphatic heterocycles. The Morgan fingerprint density at radius 2 is 1.61 bits per heavy atom. The van der Waals surface area contributed by atoms with Gasteiger partial charge in [0.25, 0.3) is 0 Å². The summed E-state index contributed by atoms with van der Waals surface area (Å²) < 4.78 is 51.8. The number of sulfone groups is 1. The van der Waals surface area contributed by atoms with Gasteiger partial charge in [-0.2, -0.15) is 0 Å². The van der Waals surface area contributed by atoms with Gasteiger partial charge in [0.2, 0.25) is 9.84 Å². The van der Waals surface area contributed by atoms with Gasteiger partial charge in [-0.25, -0.2) is 17.2 Å². The molecule has 3 nitrogen and oxygen atoms in total. The van der Waals surface area contributed by atoms with Crippen molar-refractivity contribution in [1.82, 2.24) is 4.98 Å². The first-order chi connectivity index (χ1) is 10.8. The summed E-state index contributed by atoms with van der Waals surface area (Å²) in [6.07, 6.45) is 1.05. The number of halogens is 4. The van der Waals surface area contributed by atoms with Crippen molar-refractivity contribution in [2.45, 2.75) is 9.79 Å². The van der Waals surface area contributed by atoms with E-state index in [-0.39, 0.29) is 9.92 Å². The SMILES string of the molecule is O=S(=O)(c1cc(F)cc(F)c1)c1cnc2ccc(Cl)cc2c1Cl. The maximum absolute atomic E-state index is 13.3. The van der Waals surface area contributed by atoms with Crippen LogP contribution >= 0.6 is 23.2 Å². The highest BCUT2D eigenvalue weighted by atomic mass is 35.5. The second-order valence-corrected chi connectivity index (χ2v) is 7.44. The number of aromatic nitrogens is 1. The minimum absolute atomic E-state index is 0.109. The minimum Gasteiger partial charge on any atom is -0.255 e. The minimum atomic E-state index is -4.24. The largest absolute Gasteiger partial charge is 0.255 e. The molecule has 118 valence electrons. The van der Waals surface area contributed by atoms with E-state index in [1.165, 1.54) is 6.07 Å². The van der Waals surface area contributed by atoms with Gasteiger partial charge in [-0.3, -0.25) is 4.98 Å². The number of nitrogens with zero attached hydrogens (tertiary/aromatic N) is 1. The molecule has 0 saturated heterocycles. The normalized spacial score (nSPS) is 11.8. The van der Waals surface area contributed by atoms with Crippen LogP contribution in [0.3, 0.4) is 0 Å². The first-order valence-corrected chi connectivity index (χ1v) is 8.48. The third kappa shape index (κ3) is 2.89. The summed E-state index contributed by atoms with van der Waals surface area (Å²) in [6, 6.07) is 6.66. The Kier molecular flexibility index (Phi) is 4.00. The van der Waals surface area contributed by atoms with Gasteiger partial charge in [0.05, 0.1) is 15.4 Å². The van der Waals surface area contributed by atoms with Gasteiger partial charge < -0.3 is 0 Å². The molecule has 0 fully saturated rings. The molecule has 0 spiro atoms. The number of hydrogen-bond acceptors (Lipinski definition) is 3. The second-order valence-electron chi connectivity index (χ2n) is 4.71. The highest BCUT2D eigenvalue weighted by Gasteiger charge is 2.24. The lowest BCUT2D eigenvalue weighted by Gasteiger charge is -2.09. The van der Waals surface area contributed by atoms with Crippen LogP contribution in [-0.2, 0) is 9.84 Å². The summed E-state index contributed by atoms with van der Waals surface area (Å²) in [4.78, 5) is 3.12. The average Bonchev–Trinajstić information content (AvgIpc) is 2.47. The molecule has 0 radical (unpaired) electrons. The van der Waals surface area contributed by atoms with Crippen LogP contribution in [0.4, 0.5) is 8.78 Å². The maximum Gasteiger partial charge on any atom is 0.209 e. The van der Waals surface area contributed by atoms with Gasteiger partial charge in [-0.05, 0) is 30.3 Å². The third-order valence-electron chi connectivity index (χ3n) is 3.17. The molecule has 3 rings (SSSR count). The van der Waals surface area contributed by atoms with E-state index in [2.05, 4.69) is 4.98 Å². The van der Waals surface area contributed by atoms with E-state index in [4.69, 9.17) is 23.2 Å². The van der Waals surface area contributed by atoms with Crippen LogP contribution in [0.2, 0.25) is 10.0 Å². The molecule has 1 aromatic heterocycles. The van der Waals surface area contributed by atoms with Crippen LogP contribution in [0.15, 0.2) is 52.4 Å². The number of pyridine rings is 1. The first kappa shape index (κ1) is 16.1. The second kappa shape index (κ2) is 5.70. The predicted molar refractivity (Wildman–Crippen MR) is 83.6 cm³/mol. The summed E-state index contributed by atoms with van der Waals surface area (Å²) in [7, 11) is -4.24. The predicted octanol–water partition coefficient (Wildman–Crippen LogP) is 4.65. The van der Waals surface area contributed by atoms with E-state index in [0.717, 1.165) is 18.3 Å². The van der Waals surface area contributed by atoms with E-state index in [9.17, 15) is 17.2 Å². The Bertz CT molecular complexity index is 1020. The Labute approximate surface area is 140 Å². The van der Waals surface area contributed by atoms with Crippen molar-refractivity contribution in [2.24, 2.45) is 0 Å². The van der Waals surface area contributed by atoms with Gasteiger partial charge in [-0.15, -0.1) is 0 Å². The lowest BCUT2D eigenvalue weighted by molar-refractivity contribution is 0.567.